The molecule has 0 aliphatic heterocycles. The number of carbonyl (C=O) groups excluding carboxylic acids is 1. The zero-order chi connectivity index (χ0) is 14.8. The maximum Gasteiger partial charge on any atom is 0.338 e. The SMILES string of the molecule is O=C(CSc1nncn1C1CC1)Nc1sccc1C(=O)O. The average molecular weight is 324 g/mol. The van der Waals surface area contributed by atoms with Crippen LogP contribution in [0.4, 0.5) is 5.00 Å². The number of carboxylic acids is 1. The Bertz CT molecular complexity index is 678. The van der Waals surface area contributed by atoms with Gasteiger partial charge < -0.3 is 15.0 Å². The molecular weight excluding hydrogens is 312 g/mol. The molecule has 0 saturated heterocycles. The standard InChI is InChI=1S/C12H12N4O3S2/c17-9(14-10-8(11(18)19)3-4-20-10)5-21-12-15-13-6-16(12)7-1-2-7/h3-4,6-7H,1-2,5H2,(H,14,17)(H,18,19). The maximum absolute atomic E-state index is 11.9. The minimum Gasteiger partial charge on any atom is -0.478 e. The zero-order valence-corrected chi connectivity index (χ0v) is 12.5. The van der Waals surface area contributed by atoms with Crippen LogP contribution in [0.1, 0.15) is 29.2 Å². The Morgan fingerprint density at radius 2 is 2.33 bits per heavy atom. The highest BCUT2D eigenvalue weighted by atomic mass is 32.2. The number of hydrogen-bond donors (Lipinski definition) is 2. The minimum atomic E-state index is -1.05. The average Bonchev–Trinajstić information content (AvgIpc) is 3.00. The summed E-state index contributed by atoms with van der Waals surface area (Å²) in [4.78, 5) is 22.9. The van der Waals surface area contributed by atoms with Gasteiger partial charge in [-0.1, -0.05) is 11.8 Å². The van der Waals surface area contributed by atoms with Crippen LogP contribution in [0.15, 0.2) is 22.9 Å². The van der Waals surface area contributed by atoms with E-state index in [1.807, 2.05) is 4.57 Å². The van der Waals surface area contributed by atoms with E-state index in [0.29, 0.717) is 11.0 Å². The Kier molecular flexibility index (Phi) is 3.93. The summed E-state index contributed by atoms with van der Waals surface area (Å²) in [5, 5.41) is 22.2. The molecule has 1 amide bonds. The monoisotopic (exact) mass is 324 g/mol. The number of carbonyl (C=O) groups is 2. The molecule has 0 aromatic carbocycles. The Morgan fingerprint density at radius 1 is 1.52 bits per heavy atom. The molecule has 2 N–H and O–H groups in total. The lowest BCUT2D eigenvalue weighted by molar-refractivity contribution is -0.113. The second-order valence-corrected chi connectivity index (χ2v) is 6.42. The summed E-state index contributed by atoms with van der Waals surface area (Å²) < 4.78 is 1.98. The lowest BCUT2D eigenvalue weighted by Gasteiger charge is -2.05. The van der Waals surface area contributed by atoms with Crippen LogP contribution in [-0.2, 0) is 4.79 Å². The number of carboxylic acid groups (broad SMARTS) is 1. The van der Waals surface area contributed by atoms with Gasteiger partial charge in [0.05, 0.1) is 11.3 Å². The molecule has 21 heavy (non-hydrogen) atoms. The highest BCUT2D eigenvalue weighted by Crippen LogP contribution is 2.37. The summed E-state index contributed by atoms with van der Waals surface area (Å²) in [6.45, 7) is 0. The maximum atomic E-state index is 11.9. The van der Waals surface area contributed by atoms with Gasteiger partial charge in [0.1, 0.15) is 11.3 Å². The van der Waals surface area contributed by atoms with Crippen molar-refractivity contribution in [2.75, 3.05) is 11.1 Å². The van der Waals surface area contributed by atoms with Crippen molar-refractivity contribution in [3.8, 4) is 0 Å². The number of anilines is 1. The summed E-state index contributed by atoms with van der Waals surface area (Å²) in [7, 11) is 0. The Balaban J connectivity index is 1.58. The fourth-order valence-electron chi connectivity index (χ4n) is 1.81. The Labute approximate surface area is 128 Å². The van der Waals surface area contributed by atoms with Crippen molar-refractivity contribution in [1.82, 2.24) is 14.8 Å². The largest absolute Gasteiger partial charge is 0.478 e. The molecule has 0 unspecified atom stereocenters. The number of nitrogens with one attached hydrogen (secondary N) is 1. The summed E-state index contributed by atoms with van der Waals surface area (Å²) in [6.07, 6.45) is 3.92. The number of aromatic carboxylic acids is 1. The second kappa shape index (κ2) is 5.86. The predicted molar refractivity (Wildman–Crippen MR) is 78.9 cm³/mol. The van der Waals surface area contributed by atoms with Crippen LogP contribution in [0.2, 0.25) is 0 Å². The molecule has 2 aromatic rings. The number of hydrogen-bond acceptors (Lipinski definition) is 6. The molecule has 2 heterocycles. The van der Waals surface area contributed by atoms with Crippen molar-refractivity contribution in [3.63, 3.8) is 0 Å². The first-order valence-corrected chi connectivity index (χ1v) is 8.14. The first kappa shape index (κ1) is 14.1. The smallest absolute Gasteiger partial charge is 0.338 e. The number of nitrogens with zero attached hydrogens (tertiary/aromatic N) is 3. The molecule has 0 bridgehead atoms. The van der Waals surface area contributed by atoms with Gasteiger partial charge in [0.25, 0.3) is 0 Å². The van der Waals surface area contributed by atoms with Crippen molar-refractivity contribution in [1.29, 1.82) is 0 Å². The first-order chi connectivity index (χ1) is 10.1. The van der Waals surface area contributed by atoms with Gasteiger partial charge in [-0.05, 0) is 24.3 Å². The summed E-state index contributed by atoms with van der Waals surface area (Å²) in [6, 6.07) is 1.93. The molecule has 9 heteroatoms. The zero-order valence-electron chi connectivity index (χ0n) is 10.9. The van der Waals surface area contributed by atoms with Gasteiger partial charge in [-0.25, -0.2) is 4.79 Å². The van der Waals surface area contributed by atoms with E-state index >= 15 is 0 Å². The summed E-state index contributed by atoms with van der Waals surface area (Å²) in [5.41, 5.74) is 0.111. The number of thioether (sulfide) groups is 1. The molecule has 0 spiro atoms. The van der Waals surface area contributed by atoms with E-state index in [2.05, 4.69) is 15.5 Å². The van der Waals surface area contributed by atoms with Gasteiger partial charge in [-0.15, -0.1) is 21.5 Å². The van der Waals surface area contributed by atoms with Gasteiger partial charge in [0, 0.05) is 6.04 Å². The second-order valence-electron chi connectivity index (χ2n) is 4.56. The highest BCUT2D eigenvalue weighted by Gasteiger charge is 2.26. The van der Waals surface area contributed by atoms with Crippen molar-refractivity contribution in [2.45, 2.75) is 24.0 Å². The lowest BCUT2D eigenvalue weighted by Crippen LogP contribution is -2.15. The summed E-state index contributed by atoms with van der Waals surface area (Å²) >= 11 is 2.49. The molecule has 1 aliphatic rings. The van der Waals surface area contributed by atoms with Crippen molar-refractivity contribution < 1.29 is 14.7 Å². The van der Waals surface area contributed by atoms with Crippen LogP contribution in [0, 0.1) is 0 Å². The molecular formula is C12H12N4O3S2. The van der Waals surface area contributed by atoms with Crippen molar-refractivity contribution in [3.05, 3.63) is 23.3 Å². The van der Waals surface area contributed by atoms with E-state index in [9.17, 15) is 9.59 Å². The normalized spacial score (nSPS) is 14.1. The van der Waals surface area contributed by atoms with Gasteiger partial charge in [0.2, 0.25) is 5.91 Å². The van der Waals surface area contributed by atoms with Crippen LogP contribution < -0.4 is 5.32 Å². The van der Waals surface area contributed by atoms with E-state index in [1.165, 1.54) is 29.2 Å². The third kappa shape index (κ3) is 3.24. The molecule has 110 valence electrons. The Morgan fingerprint density at radius 3 is 3.05 bits per heavy atom. The molecule has 7 nitrogen and oxygen atoms in total. The van der Waals surface area contributed by atoms with E-state index in [-0.39, 0.29) is 17.2 Å². The summed E-state index contributed by atoms with van der Waals surface area (Å²) in [5.74, 6) is -1.13. The number of aromatic nitrogens is 3. The van der Waals surface area contributed by atoms with Gasteiger partial charge in [0.15, 0.2) is 5.16 Å². The van der Waals surface area contributed by atoms with Crippen LogP contribution in [0.25, 0.3) is 0 Å². The predicted octanol–water partition coefficient (Wildman–Crippen LogP) is 2.10. The molecule has 1 fully saturated rings. The topological polar surface area (TPSA) is 97.1 Å². The fraction of sp³-hybridized carbons (Fsp3) is 0.333. The molecule has 0 atom stereocenters. The third-order valence-electron chi connectivity index (χ3n) is 2.96. The quantitative estimate of drug-likeness (QED) is 0.790. The first-order valence-electron chi connectivity index (χ1n) is 6.28. The highest BCUT2D eigenvalue weighted by molar-refractivity contribution is 7.99. The van der Waals surface area contributed by atoms with E-state index in [1.54, 1.807) is 11.7 Å². The Hall–Kier alpha value is -1.87. The van der Waals surface area contributed by atoms with E-state index < -0.39 is 5.97 Å². The molecule has 1 aliphatic carbocycles. The minimum absolute atomic E-state index is 0.111. The molecule has 2 aromatic heterocycles. The third-order valence-corrected chi connectivity index (χ3v) is 4.75. The number of thiophene rings is 1. The van der Waals surface area contributed by atoms with Crippen LogP contribution >= 0.6 is 23.1 Å². The van der Waals surface area contributed by atoms with E-state index in [0.717, 1.165) is 18.0 Å². The molecule has 1 saturated carbocycles. The van der Waals surface area contributed by atoms with Crippen molar-refractivity contribution >= 4 is 40.0 Å². The van der Waals surface area contributed by atoms with Crippen LogP contribution in [0.3, 0.4) is 0 Å². The van der Waals surface area contributed by atoms with Gasteiger partial charge in [-0.3, -0.25) is 4.79 Å². The molecule has 3 rings (SSSR count). The van der Waals surface area contributed by atoms with E-state index in [4.69, 9.17) is 5.11 Å². The number of rotatable bonds is 6. The lowest BCUT2D eigenvalue weighted by atomic mass is 10.3. The van der Waals surface area contributed by atoms with Crippen LogP contribution in [0.5, 0.6) is 0 Å². The van der Waals surface area contributed by atoms with Crippen LogP contribution in [-0.4, -0.2) is 37.5 Å². The number of amides is 1. The van der Waals surface area contributed by atoms with Gasteiger partial charge in [-0.2, -0.15) is 0 Å². The van der Waals surface area contributed by atoms with Gasteiger partial charge >= 0.3 is 5.97 Å². The fourth-order valence-corrected chi connectivity index (χ4v) is 3.38. The van der Waals surface area contributed by atoms with Crippen molar-refractivity contribution in [2.24, 2.45) is 0 Å². The molecule has 0 radical (unpaired) electrons.